The second-order valence-electron chi connectivity index (χ2n) is 5.72. The van der Waals surface area contributed by atoms with Crippen LogP contribution in [-0.4, -0.2) is 38.4 Å². The predicted molar refractivity (Wildman–Crippen MR) is 79.0 cm³/mol. The summed E-state index contributed by atoms with van der Waals surface area (Å²) in [6.07, 6.45) is 2.33. The zero-order chi connectivity index (χ0) is 14.9. The highest BCUT2D eigenvalue weighted by Crippen LogP contribution is 2.31. The minimum Gasteiger partial charge on any atom is -0.315 e. The molecule has 2 fully saturated rings. The van der Waals surface area contributed by atoms with Crippen LogP contribution in [0.4, 0.5) is 0 Å². The van der Waals surface area contributed by atoms with Crippen molar-refractivity contribution in [3.63, 3.8) is 0 Å². The summed E-state index contributed by atoms with van der Waals surface area (Å²) < 4.78 is 27.3. The lowest BCUT2D eigenvalue weighted by atomic mass is 9.94. The van der Waals surface area contributed by atoms with Crippen molar-refractivity contribution in [2.24, 2.45) is 5.92 Å². The Hall–Kier alpha value is -1.42. The molecule has 2 saturated heterocycles. The molecule has 2 aliphatic heterocycles. The summed E-state index contributed by atoms with van der Waals surface area (Å²) in [6.45, 7) is 2.26. The third-order valence-corrected chi connectivity index (χ3v) is 6.38. The first-order chi connectivity index (χ1) is 10.1. The Kier molecular flexibility index (Phi) is 3.98. The van der Waals surface area contributed by atoms with E-state index in [0.29, 0.717) is 23.8 Å². The van der Waals surface area contributed by atoms with Crippen LogP contribution in [0.1, 0.15) is 18.4 Å². The maximum Gasteiger partial charge on any atom is 0.243 e. The lowest BCUT2D eigenvalue weighted by molar-refractivity contribution is 0.217. The molecule has 0 saturated carbocycles. The molecule has 1 aromatic carbocycles. The van der Waals surface area contributed by atoms with Gasteiger partial charge in [0.1, 0.15) is 0 Å². The Bertz CT molecular complexity index is 648. The van der Waals surface area contributed by atoms with Gasteiger partial charge in [0, 0.05) is 19.1 Å². The molecule has 1 N–H and O–H groups in total. The van der Waals surface area contributed by atoms with Crippen molar-refractivity contribution in [3.8, 4) is 6.07 Å². The van der Waals surface area contributed by atoms with Crippen LogP contribution in [-0.2, 0) is 16.4 Å². The van der Waals surface area contributed by atoms with E-state index in [1.54, 1.807) is 28.6 Å². The molecule has 6 heteroatoms. The average Bonchev–Trinajstić information content (AvgIpc) is 2.96. The first-order valence-corrected chi connectivity index (χ1v) is 8.75. The zero-order valence-electron chi connectivity index (χ0n) is 11.8. The number of piperidine rings is 1. The Balaban J connectivity index is 1.87. The van der Waals surface area contributed by atoms with Crippen molar-refractivity contribution in [1.29, 1.82) is 5.26 Å². The van der Waals surface area contributed by atoms with Gasteiger partial charge in [-0.2, -0.15) is 9.57 Å². The maximum absolute atomic E-state index is 12.8. The van der Waals surface area contributed by atoms with Crippen LogP contribution in [0.25, 0.3) is 0 Å². The number of sulfonamides is 1. The Morgan fingerprint density at radius 2 is 2.05 bits per heavy atom. The van der Waals surface area contributed by atoms with Crippen LogP contribution in [0, 0.1) is 17.2 Å². The van der Waals surface area contributed by atoms with Gasteiger partial charge >= 0.3 is 0 Å². The van der Waals surface area contributed by atoms with Crippen molar-refractivity contribution >= 4 is 10.0 Å². The van der Waals surface area contributed by atoms with Crippen LogP contribution < -0.4 is 5.32 Å². The number of nitrogens with zero attached hydrogens (tertiary/aromatic N) is 2. The monoisotopic (exact) mass is 305 g/mol. The first kappa shape index (κ1) is 14.5. The van der Waals surface area contributed by atoms with E-state index >= 15 is 0 Å². The fraction of sp³-hybridized carbons (Fsp3) is 0.533. The third-order valence-electron chi connectivity index (χ3n) is 4.44. The van der Waals surface area contributed by atoms with Gasteiger partial charge in [-0.15, -0.1) is 0 Å². The summed E-state index contributed by atoms with van der Waals surface area (Å²) in [5.74, 6) is 0.436. The van der Waals surface area contributed by atoms with E-state index in [9.17, 15) is 8.42 Å². The van der Waals surface area contributed by atoms with Crippen LogP contribution in [0.3, 0.4) is 0 Å². The van der Waals surface area contributed by atoms with Crippen LogP contribution in [0.2, 0.25) is 0 Å². The molecule has 0 aliphatic carbocycles. The molecule has 0 amide bonds. The Morgan fingerprint density at radius 3 is 2.76 bits per heavy atom. The smallest absolute Gasteiger partial charge is 0.243 e. The quantitative estimate of drug-likeness (QED) is 0.908. The number of fused-ring (bicyclic) bond motifs is 1. The lowest BCUT2D eigenvalue weighted by Crippen LogP contribution is -2.48. The van der Waals surface area contributed by atoms with Crippen molar-refractivity contribution < 1.29 is 8.42 Å². The molecular weight excluding hydrogens is 286 g/mol. The van der Waals surface area contributed by atoms with Crippen LogP contribution in [0.5, 0.6) is 0 Å². The SMILES string of the molecule is N#CCc1ccc(S(=O)(=O)N2CCCC3CNCC32)cc1. The predicted octanol–water partition coefficient (Wildman–Crippen LogP) is 1.13. The second-order valence-corrected chi connectivity index (χ2v) is 7.61. The van der Waals surface area contributed by atoms with E-state index < -0.39 is 10.0 Å². The molecule has 0 aromatic heterocycles. The molecule has 5 nitrogen and oxygen atoms in total. The zero-order valence-corrected chi connectivity index (χ0v) is 12.6. The first-order valence-electron chi connectivity index (χ1n) is 7.31. The summed E-state index contributed by atoms with van der Waals surface area (Å²) in [5.41, 5.74) is 0.843. The highest BCUT2D eigenvalue weighted by molar-refractivity contribution is 7.89. The molecule has 0 bridgehead atoms. The molecule has 1 aromatic rings. The highest BCUT2D eigenvalue weighted by atomic mass is 32.2. The van der Waals surface area contributed by atoms with Gasteiger partial charge in [-0.05, 0) is 43.0 Å². The molecule has 3 rings (SSSR count). The summed E-state index contributed by atoms with van der Waals surface area (Å²) >= 11 is 0. The van der Waals surface area contributed by atoms with Crippen molar-refractivity contribution in [2.45, 2.75) is 30.2 Å². The number of hydrogen-bond donors (Lipinski definition) is 1. The van der Waals surface area contributed by atoms with Gasteiger partial charge in [-0.1, -0.05) is 12.1 Å². The van der Waals surface area contributed by atoms with Crippen molar-refractivity contribution in [1.82, 2.24) is 9.62 Å². The number of hydrogen-bond acceptors (Lipinski definition) is 4. The standard InChI is InChI=1S/C15H19N3O2S/c16-8-7-12-3-5-14(6-4-12)21(19,20)18-9-1-2-13-10-17-11-15(13)18/h3-6,13,15,17H,1-2,7,9-11H2. The molecule has 112 valence electrons. The van der Waals surface area contributed by atoms with E-state index in [2.05, 4.69) is 11.4 Å². The summed E-state index contributed by atoms with van der Waals surface area (Å²) in [5, 5.41) is 12.0. The number of nitrogens with one attached hydrogen (secondary N) is 1. The Morgan fingerprint density at radius 1 is 1.29 bits per heavy atom. The van der Waals surface area contributed by atoms with E-state index in [1.165, 1.54) is 0 Å². The average molecular weight is 305 g/mol. The van der Waals surface area contributed by atoms with Crippen LogP contribution in [0.15, 0.2) is 29.2 Å². The van der Waals surface area contributed by atoms with Gasteiger partial charge < -0.3 is 5.32 Å². The molecule has 21 heavy (non-hydrogen) atoms. The van der Waals surface area contributed by atoms with Gasteiger partial charge in [0.05, 0.1) is 17.4 Å². The molecule has 0 radical (unpaired) electrons. The summed E-state index contributed by atoms with van der Waals surface area (Å²) in [4.78, 5) is 0.330. The topological polar surface area (TPSA) is 73.2 Å². The minimum atomic E-state index is -3.44. The summed E-state index contributed by atoms with van der Waals surface area (Å²) in [6, 6.07) is 8.84. The Labute approximate surface area is 125 Å². The minimum absolute atomic E-state index is 0.0857. The molecule has 2 unspecified atom stereocenters. The number of benzene rings is 1. The molecule has 0 spiro atoms. The third kappa shape index (κ3) is 2.69. The van der Waals surface area contributed by atoms with E-state index in [-0.39, 0.29) is 6.04 Å². The number of nitriles is 1. The lowest BCUT2D eigenvalue weighted by Gasteiger charge is -2.35. The summed E-state index contributed by atoms with van der Waals surface area (Å²) in [7, 11) is -3.44. The second kappa shape index (κ2) is 5.76. The van der Waals surface area contributed by atoms with E-state index in [0.717, 1.165) is 31.5 Å². The van der Waals surface area contributed by atoms with Crippen molar-refractivity contribution in [2.75, 3.05) is 19.6 Å². The largest absolute Gasteiger partial charge is 0.315 e. The molecule has 2 atom stereocenters. The molecule has 2 heterocycles. The maximum atomic E-state index is 12.8. The number of rotatable bonds is 3. The van der Waals surface area contributed by atoms with Crippen molar-refractivity contribution in [3.05, 3.63) is 29.8 Å². The van der Waals surface area contributed by atoms with Crippen LogP contribution >= 0.6 is 0 Å². The highest BCUT2D eigenvalue weighted by Gasteiger charge is 2.41. The van der Waals surface area contributed by atoms with E-state index in [1.807, 2.05) is 0 Å². The van der Waals surface area contributed by atoms with E-state index in [4.69, 9.17) is 5.26 Å². The fourth-order valence-corrected chi connectivity index (χ4v) is 5.05. The van der Waals surface area contributed by atoms with Gasteiger partial charge in [0.25, 0.3) is 0 Å². The van der Waals surface area contributed by atoms with Gasteiger partial charge in [0.15, 0.2) is 0 Å². The van der Waals surface area contributed by atoms with Gasteiger partial charge in [-0.3, -0.25) is 0 Å². The molecular formula is C15H19N3O2S. The van der Waals surface area contributed by atoms with Gasteiger partial charge in [0.2, 0.25) is 10.0 Å². The fourth-order valence-electron chi connectivity index (χ4n) is 3.33. The molecule has 2 aliphatic rings. The normalized spacial score (nSPS) is 26.2. The van der Waals surface area contributed by atoms with Gasteiger partial charge in [-0.25, -0.2) is 8.42 Å².